The Bertz CT molecular complexity index is 1040. The Hall–Kier alpha value is -3.48. The molecule has 0 aliphatic carbocycles. The molecular formula is C20H19N3O4. The number of esters is 1. The van der Waals surface area contributed by atoms with Crippen molar-refractivity contribution in [3.05, 3.63) is 75.8 Å². The van der Waals surface area contributed by atoms with Gasteiger partial charge in [0.1, 0.15) is 0 Å². The molecule has 0 saturated carbocycles. The number of aromatic amines is 1. The van der Waals surface area contributed by atoms with Gasteiger partial charge in [-0.25, -0.2) is 9.78 Å². The smallest absolute Gasteiger partial charge is 0.374 e. The molecule has 0 aliphatic heterocycles. The average Bonchev–Trinajstić information content (AvgIpc) is 2.68. The minimum atomic E-state index is -0.677. The molecule has 0 unspecified atom stereocenters. The van der Waals surface area contributed by atoms with Crippen LogP contribution in [0.3, 0.4) is 0 Å². The van der Waals surface area contributed by atoms with E-state index in [1.165, 1.54) is 0 Å². The number of hydrogen-bond donors (Lipinski definition) is 2. The van der Waals surface area contributed by atoms with Gasteiger partial charge in [-0.2, -0.15) is 0 Å². The van der Waals surface area contributed by atoms with Gasteiger partial charge >= 0.3 is 5.97 Å². The first-order chi connectivity index (χ1) is 13.0. The minimum absolute atomic E-state index is 0.132. The summed E-state index contributed by atoms with van der Waals surface area (Å²) in [6, 6.07) is 13.6. The van der Waals surface area contributed by atoms with Gasteiger partial charge in [-0.15, -0.1) is 0 Å². The van der Waals surface area contributed by atoms with E-state index in [1.807, 2.05) is 13.0 Å². The number of amides is 1. The second-order valence-electron chi connectivity index (χ2n) is 5.97. The van der Waals surface area contributed by atoms with Crippen molar-refractivity contribution in [2.24, 2.45) is 0 Å². The first-order valence-corrected chi connectivity index (χ1v) is 8.56. The van der Waals surface area contributed by atoms with Crippen LogP contribution in [0, 0.1) is 0 Å². The first kappa shape index (κ1) is 18.3. The zero-order valence-electron chi connectivity index (χ0n) is 15.0. The number of benzene rings is 2. The summed E-state index contributed by atoms with van der Waals surface area (Å²) in [4.78, 5) is 43.0. The zero-order chi connectivity index (χ0) is 19.4. The van der Waals surface area contributed by atoms with Crippen LogP contribution < -0.4 is 10.9 Å². The third kappa shape index (κ3) is 4.03. The number of fused-ring (bicyclic) bond motifs is 1. The topological polar surface area (TPSA) is 101 Å². The molecule has 0 spiro atoms. The summed E-state index contributed by atoms with van der Waals surface area (Å²) in [5.74, 6) is -1.01. The van der Waals surface area contributed by atoms with E-state index < -0.39 is 11.5 Å². The lowest BCUT2D eigenvalue weighted by Crippen LogP contribution is -2.26. The van der Waals surface area contributed by atoms with Crippen LogP contribution in [0.5, 0.6) is 0 Å². The number of aromatic nitrogens is 2. The lowest BCUT2D eigenvalue weighted by molar-refractivity contribution is 0.0512. The van der Waals surface area contributed by atoms with Crippen molar-refractivity contribution in [2.45, 2.75) is 19.9 Å². The molecule has 7 nitrogen and oxygen atoms in total. The molecule has 0 radical (unpaired) electrons. The van der Waals surface area contributed by atoms with Crippen LogP contribution >= 0.6 is 0 Å². The third-order valence-electron chi connectivity index (χ3n) is 4.08. The Balaban J connectivity index is 1.87. The van der Waals surface area contributed by atoms with Gasteiger partial charge in [0.05, 0.1) is 23.6 Å². The standard InChI is InChI=1S/C20H19N3O4/c1-3-27-20(26)17-22-16-10-9-14(11-15(16)19(25)23-17)12(2)21-18(24)13-7-5-4-6-8-13/h4-12H,3H2,1-2H3,(H,21,24)(H,22,23,25)/t12-/m1/s1. The van der Waals surface area contributed by atoms with Gasteiger partial charge in [0.2, 0.25) is 5.82 Å². The van der Waals surface area contributed by atoms with E-state index in [9.17, 15) is 14.4 Å². The Labute approximate surface area is 155 Å². The van der Waals surface area contributed by atoms with Gasteiger partial charge in [0, 0.05) is 5.56 Å². The maximum Gasteiger partial charge on any atom is 0.374 e. The number of hydrogen-bond acceptors (Lipinski definition) is 5. The van der Waals surface area contributed by atoms with Crippen molar-refractivity contribution >= 4 is 22.8 Å². The molecule has 7 heteroatoms. The number of nitrogens with one attached hydrogen (secondary N) is 2. The normalized spacial score (nSPS) is 11.8. The highest BCUT2D eigenvalue weighted by Gasteiger charge is 2.15. The Morgan fingerprint density at radius 3 is 2.63 bits per heavy atom. The number of rotatable bonds is 5. The fourth-order valence-corrected chi connectivity index (χ4v) is 2.67. The number of carbonyl (C=O) groups is 2. The second-order valence-corrected chi connectivity index (χ2v) is 5.97. The molecular weight excluding hydrogens is 346 g/mol. The summed E-state index contributed by atoms with van der Waals surface area (Å²) >= 11 is 0. The van der Waals surface area contributed by atoms with E-state index in [1.54, 1.807) is 49.4 Å². The quantitative estimate of drug-likeness (QED) is 0.677. The highest BCUT2D eigenvalue weighted by molar-refractivity contribution is 5.94. The van der Waals surface area contributed by atoms with E-state index in [-0.39, 0.29) is 24.4 Å². The lowest BCUT2D eigenvalue weighted by Gasteiger charge is -2.15. The highest BCUT2D eigenvalue weighted by Crippen LogP contribution is 2.18. The summed E-state index contributed by atoms with van der Waals surface area (Å²) in [7, 11) is 0. The highest BCUT2D eigenvalue weighted by atomic mass is 16.5. The minimum Gasteiger partial charge on any atom is -0.460 e. The van der Waals surface area contributed by atoms with Gasteiger partial charge in [-0.05, 0) is 43.7 Å². The summed E-state index contributed by atoms with van der Waals surface area (Å²) in [5.41, 5.74) is 1.25. The Kier molecular flexibility index (Phi) is 5.30. The maximum atomic E-state index is 12.3. The van der Waals surface area contributed by atoms with Crippen LogP contribution in [0.15, 0.2) is 53.3 Å². The molecule has 138 valence electrons. The zero-order valence-corrected chi connectivity index (χ0v) is 15.0. The van der Waals surface area contributed by atoms with Gasteiger partial charge < -0.3 is 15.0 Å². The SMILES string of the molecule is CCOC(=O)c1nc2ccc([C@@H](C)NC(=O)c3ccccc3)cc2c(=O)[nH]1. The summed E-state index contributed by atoms with van der Waals surface area (Å²) < 4.78 is 4.86. The summed E-state index contributed by atoms with van der Waals surface area (Å²) in [5, 5.41) is 3.23. The molecule has 0 bridgehead atoms. The van der Waals surface area contributed by atoms with E-state index >= 15 is 0 Å². The lowest BCUT2D eigenvalue weighted by atomic mass is 10.1. The van der Waals surface area contributed by atoms with Crippen molar-refractivity contribution in [1.82, 2.24) is 15.3 Å². The number of ether oxygens (including phenoxy) is 1. The van der Waals surface area contributed by atoms with E-state index in [0.717, 1.165) is 5.56 Å². The fourth-order valence-electron chi connectivity index (χ4n) is 2.67. The molecule has 1 atom stereocenters. The molecule has 0 aliphatic rings. The molecule has 1 amide bonds. The van der Waals surface area contributed by atoms with Gasteiger partial charge in [0.15, 0.2) is 0 Å². The summed E-state index contributed by atoms with van der Waals surface area (Å²) in [6.45, 7) is 3.70. The van der Waals surface area contributed by atoms with Crippen molar-refractivity contribution < 1.29 is 14.3 Å². The van der Waals surface area contributed by atoms with Crippen molar-refractivity contribution in [3.63, 3.8) is 0 Å². The number of carbonyl (C=O) groups excluding carboxylic acids is 2. The molecule has 1 aromatic heterocycles. The van der Waals surface area contributed by atoms with Crippen molar-refractivity contribution in [2.75, 3.05) is 6.61 Å². The van der Waals surface area contributed by atoms with Crippen LogP contribution in [0.1, 0.15) is 46.4 Å². The first-order valence-electron chi connectivity index (χ1n) is 8.56. The monoisotopic (exact) mass is 365 g/mol. The Morgan fingerprint density at radius 1 is 1.19 bits per heavy atom. The van der Waals surface area contributed by atoms with Crippen molar-refractivity contribution in [3.8, 4) is 0 Å². The fraction of sp³-hybridized carbons (Fsp3) is 0.200. The second kappa shape index (κ2) is 7.82. The summed E-state index contributed by atoms with van der Waals surface area (Å²) in [6.07, 6.45) is 0. The molecule has 3 rings (SSSR count). The van der Waals surface area contributed by atoms with Gasteiger partial charge in [0.25, 0.3) is 11.5 Å². The third-order valence-corrected chi connectivity index (χ3v) is 4.08. The molecule has 3 aromatic rings. The predicted octanol–water partition coefficient (Wildman–Crippen LogP) is 2.59. The van der Waals surface area contributed by atoms with Crippen LogP contribution in [0.2, 0.25) is 0 Å². The molecule has 1 heterocycles. The van der Waals surface area contributed by atoms with Crippen LogP contribution in [-0.4, -0.2) is 28.5 Å². The van der Waals surface area contributed by atoms with E-state index in [2.05, 4.69) is 15.3 Å². The molecule has 2 N–H and O–H groups in total. The van der Waals surface area contributed by atoms with E-state index in [4.69, 9.17) is 4.74 Å². The Morgan fingerprint density at radius 2 is 1.93 bits per heavy atom. The molecule has 2 aromatic carbocycles. The molecule has 27 heavy (non-hydrogen) atoms. The van der Waals surface area contributed by atoms with Gasteiger partial charge in [-0.1, -0.05) is 24.3 Å². The largest absolute Gasteiger partial charge is 0.460 e. The predicted molar refractivity (Wildman–Crippen MR) is 101 cm³/mol. The molecule has 0 saturated heterocycles. The number of nitrogens with zero attached hydrogens (tertiary/aromatic N) is 1. The molecule has 0 fully saturated rings. The van der Waals surface area contributed by atoms with Crippen LogP contribution in [-0.2, 0) is 4.74 Å². The van der Waals surface area contributed by atoms with Crippen molar-refractivity contribution in [1.29, 1.82) is 0 Å². The average molecular weight is 365 g/mol. The van der Waals surface area contributed by atoms with Crippen LogP contribution in [0.25, 0.3) is 10.9 Å². The van der Waals surface area contributed by atoms with E-state index in [0.29, 0.717) is 16.5 Å². The maximum absolute atomic E-state index is 12.3. The number of H-pyrrole nitrogens is 1. The van der Waals surface area contributed by atoms with Crippen LogP contribution in [0.4, 0.5) is 0 Å². The van der Waals surface area contributed by atoms with Gasteiger partial charge in [-0.3, -0.25) is 9.59 Å².